The molecule has 134 valence electrons. The molecule has 0 aliphatic carbocycles. The topological polar surface area (TPSA) is 70.8 Å². The number of carbonyl (C=O) groups is 1. The molecule has 0 unspecified atom stereocenters. The molecule has 1 N–H and O–H groups in total. The molecule has 0 atom stereocenters. The molecular weight excluding hydrogens is 308 g/mol. The molecule has 2 aliphatic heterocycles. The third-order valence-corrected chi connectivity index (χ3v) is 5.12. The van der Waals surface area contributed by atoms with E-state index >= 15 is 0 Å². The van der Waals surface area contributed by atoms with Gasteiger partial charge in [-0.05, 0) is 32.6 Å². The number of aryl methyl sites for hydroxylation is 2. The van der Waals surface area contributed by atoms with Crippen LogP contribution in [0.1, 0.15) is 29.9 Å². The molecule has 0 radical (unpaired) electrons. The monoisotopic (exact) mass is 336 g/mol. The number of carbonyl (C=O) groups excluding carboxylic acids is 1. The quantitative estimate of drug-likeness (QED) is 0.903. The van der Waals surface area contributed by atoms with Crippen molar-refractivity contribution in [3.63, 3.8) is 0 Å². The molecule has 2 fully saturated rings. The van der Waals surface area contributed by atoms with Gasteiger partial charge in [-0.15, -0.1) is 0 Å². The van der Waals surface area contributed by atoms with E-state index in [1.54, 1.807) is 0 Å². The van der Waals surface area contributed by atoms with E-state index in [9.17, 15) is 4.79 Å². The largest absolute Gasteiger partial charge is 0.379 e. The Bertz CT molecular complexity index is 527. The highest BCUT2D eigenvalue weighted by Crippen LogP contribution is 2.19. The number of nitrogens with zero attached hydrogens (tertiary/aromatic N) is 3. The van der Waals surface area contributed by atoms with E-state index in [1.165, 1.54) is 0 Å². The van der Waals surface area contributed by atoms with Crippen molar-refractivity contribution in [3.05, 3.63) is 17.0 Å². The summed E-state index contributed by atoms with van der Waals surface area (Å²) in [5.41, 5.74) is 1.82. The molecule has 0 saturated carbocycles. The van der Waals surface area contributed by atoms with Crippen LogP contribution in [0.3, 0.4) is 0 Å². The van der Waals surface area contributed by atoms with Crippen LogP contribution in [-0.4, -0.2) is 66.9 Å². The number of hydrogen-bond donors (Lipinski definition) is 1. The van der Waals surface area contributed by atoms with Crippen LogP contribution in [0, 0.1) is 19.8 Å². The Labute approximate surface area is 143 Å². The molecule has 1 aromatic heterocycles. The molecule has 2 aliphatic rings. The van der Waals surface area contributed by atoms with Crippen LogP contribution in [0.25, 0.3) is 0 Å². The number of morpholine rings is 1. The molecule has 1 aromatic rings. The van der Waals surface area contributed by atoms with Crippen molar-refractivity contribution in [2.24, 2.45) is 5.92 Å². The third-order valence-electron chi connectivity index (χ3n) is 5.12. The summed E-state index contributed by atoms with van der Waals surface area (Å²) in [5.74, 6) is 1.46. The minimum absolute atomic E-state index is 0.0137. The first-order chi connectivity index (χ1) is 11.6. The van der Waals surface area contributed by atoms with E-state index < -0.39 is 0 Å². The minimum atomic E-state index is 0.0137. The lowest BCUT2D eigenvalue weighted by Gasteiger charge is -2.36. The summed E-state index contributed by atoms with van der Waals surface area (Å²) >= 11 is 0. The summed E-state index contributed by atoms with van der Waals surface area (Å²) in [5, 5.41) is 6.91. The van der Waals surface area contributed by atoms with Gasteiger partial charge < -0.3 is 19.5 Å². The first-order valence-corrected chi connectivity index (χ1v) is 8.88. The number of aromatic nitrogens is 1. The van der Waals surface area contributed by atoms with Crippen molar-refractivity contribution in [3.8, 4) is 0 Å². The van der Waals surface area contributed by atoms with Crippen LogP contribution in [0.15, 0.2) is 4.52 Å². The van der Waals surface area contributed by atoms with Gasteiger partial charge in [-0.3, -0.25) is 4.90 Å². The van der Waals surface area contributed by atoms with Gasteiger partial charge in [0, 0.05) is 44.8 Å². The number of urea groups is 1. The summed E-state index contributed by atoms with van der Waals surface area (Å²) in [7, 11) is 0. The van der Waals surface area contributed by atoms with Gasteiger partial charge in [0.2, 0.25) is 0 Å². The zero-order chi connectivity index (χ0) is 16.9. The molecule has 0 bridgehead atoms. The SMILES string of the molecule is Cc1noc(C)c1CNC(=O)N1CCC(CN2CCOCC2)CC1. The predicted molar refractivity (Wildman–Crippen MR) is 89.8 cm³/mol. The Kier molecular flexibility index (Phi) is 5.73. The summed E-state index contributed by atoms with van der Waals surface area (Å²) in [6.45, 7) is 10.8. The Morgan fingerprint density at radius 1 is 1.21 bits per heavy atom. The first kappa shape index (κ1) is 17.2. The van der Waals surface area contributed by atoms with E-state index in [4.69, 9.17) is 9.26 Å². The molecule has 2 amide bonds. The maximum absolute atomic E-state index is 12.3. The summed E-state index contributed by atoms with van der Waals surface area (Å²) in [4.78, 5) is 16.8. The number of rotatable bonds is 4. The Balaban J connectivity index is 1.40. The van der Waals surface area contributed by atoms with Crippen LogP contribution >= 0.6 is 0 Å². The molecule has 7 nitrogen and oxygen atoms in total. The number of likely N-dealkylation sites (tertiary alicyclic amines) is 1. The average Bonchev–Trinajstić information content (AvgIpc) is 2.92. The van der Waals surface area contributed by atoms with Crippen LogP contribution in [0.4, 0.5) is 4.79 Å². The van der Waals surface area contributed by atoms with E-state index in [-0.39, 0.29) is 6.03 Å². The van der Waals surface area contributed by atoms with Gasteiger partial charge in [0.1, 0.15) is 5.76 Å². The minimum Gasteiger partial charge on any atom is -0.379 e. The summed E-state index contributed by atoms with van der Waals surface area (Å²) in [6, 6.07) is 0.0137. The fourth-order valence-corrected chi connectivity index (χ4v) is 3.50. The van der Waals surface area contributed by atoms with Crippen molar-refractivity contribution in [2.45, 2.75) is 33.2 Å². The molecular formula is C17H28N4O3. The number of amides is 2. The van der Waals surface area contributed by atoms with E-state index in [1.807, 2.05) is 18.7 Å². The van der Waals surface area contributed by atoms with Gasteiger partial charge >= 0.3 is 6.03 Å². The van der Waals surface area contributed by atoms with Crippen molar-refractivity contribution in [1.82, 2.24) is 20.3 Å². The standard InChI is InChI=1S/C17H28N4O3/c1-13-16(14(2)24-19-13)11-18-17(22)21-5-3-15(4-6-21)12-20-7-9-23-10-8-20/h15H,3-12H2,1-2H3,(H,18,22). The van der Waals surface area contributed by atoms with Crippen LogP contribution < -0.4 is 5.32 Å². The summed E-state index contributed by atoms with van der Waals surface area (Å²) < 4.78 is 10.5. The van der Waals surface area contributed by atoms with Gasteiger partial charge in [0.25, 0.3) is 0 Å². The Morgan fingerprint density at radius 2 is 1.92 bits per heavy atom. The number of ether oxygens (including phenoxy) is 1. The number of hydrogen-bond acceptors (Lipinski definition) is 5. The van der Waals surface area contributed by atoms with E-state index in [0.29, 0.717) is 12.5 Å². The zero-order valence-electron chi connectivity index (χ0n) is 14.7. The fraction of sp³-hybridized carbons (Fsp3) is 0.765. The smallest absolute Gasteiger partial charge is 0.317 e. The number of nitrogens with one attached hydrogen (secondary N) is 1. The maximum Gasteiger partial charge on any atom is 0.317 e. The Morgan fingerprint density at radius 3 is 2.54 bits per heavy atom. The molecule has 7 heteroatoms. The van der Waals surface area contributed by atoms with Gasteiger partial charge in [-0.2, -0.15) is 0 Å². The first-order valence-electron chi connectivity index (χ1n) is 8.88. The van der Waals surface area contributed by atoms with E-state index in [0.717, 1.165) is 75.8 Å². The molecule has 0 spiro atoms. The lowest BCUT2D eigenvalue weighted by molar-refractivity contribution is 0.0258. The van der Waals surface area contributed by atoms with Crippen molar-refractivity contribution in [2.75, 3.05) is 45.9 Å². The van der Waals surface area contributed by atoms with Crippen molar-refractivity contribution < 1.29 is 14.1 Å². The second-order valence-corrected chi connectivity index (χ2v) is 6.80. The molecule has 3 heterocycles. The maximum atomic E-state index is 12.3. The van der Waals surface area contributed by atoms with Crippen LogP contribution in [0.2, 0.25) is 0 Å². The fourth-order valence-electron chi connectivity index (χ4n) is 3.50. The molecule has 24 heavy (non-hydrogen) atoms. The number of piperidine rings is 1. The Hall–Kier alpha value is -1.60. The van der Waals surface area contributed by atoms with Gasteiger partial charge in [0.05, 0.1) is 18.9 Å². The third kappa shape index (κ3) is 4.27. The average molecular weight is 336 g/mol. The normalized spacial score (nSPS) is 20.3. The zero-order valence-corrected chi connectivity index (χ0v) is 14.7. The van der Waals surface area contributed by atoms with Crippen LogP contribution in [0.5, 0.6) is 0 Å². The lowest BCUT2D eigenvalue weighted by Crippen LogP contribution is -2.47. The highest BCUT2D eigenvalue weighted by molar-refractivity contribution is 5.74. The molecule has 3 rings (SSSR count). The van der Waals surface area contributed by atoms with Gasteiger partial charge in [-0.25, -0.2) is 4.79 Å². The lowest BCUT2D eigenvalue weighted by atomic mass is 9.96. The molecule has 0 aromatic carbocycles. The summed E-state index contributed by atoms with van der Waals surface area (Å²) in [6.07, 6.45) is 2.16. The van der Waals surface area contributed by atoms with Gasteiger partial charge in [-0.1, -0.05) is 5.16 Å². The second kappa shape index (κ2) is 7.98. The van der Waals surface area contributed by atoms with Crippen molar-refractivity contribution in [1.29, 1.82) is 0 Å². The second-order valence-electron chi connectivity index (χ2n) is 6.80. The predicted octanol–water partition coefficient (Wildman–Crippen LogP) is 1.55. The highest BCUT2D eigenvalue weighted by Gasteiger charge is 2.25. The van der Waals surface area contributed by atoms with Crippen LogP contribution in [-0.2, 0) is 11.3 Å². The van der Waals surface area contributed by atoms with E-state index in [2.05, 4.69) is 15.4 Å². The van der Waals surface area contributed by atoms with Gasteiger partial charge in [0.15, 0.2) is 0 Å². The highest BCUT2D eigenvalue weighted by atomic mass is 16.5. The molecule has 2 saturated heterocycles. The van der Waals surface area contributed by atoms with Crippen molar-refractivity contribution >= 4 is 6.03 Å².